The van der Waals surface area contributed by atoms with Gasteiger partial charge in [-0.1, -0.05) is 0 Å². The van der Waals surface area contributed by atoms with E-state index in [1.807, 2.05) is 0 Å². The van der Waals surface area contributed by atoms with Gasteiger partial charge < -0.3 is 4.74 Å². The van der Waals surface area contributed by atoms with Crippen LogP contribution < -0.4 is 4.72 Å². The molecule has 13 heavy (non-hydrogen) atoms. The summed E-state index contributed by atoms with van der Waals surface area (Å²) < 4.78 is 31.2. The van der Waals surface area contributed by atoms with E-state index in [-0.39, 0.29) is 0 Å². The van der Waals surface area contributed by atoms with Crippen LogP contribution in [0.4, 0.5) is 0 Å². The monoisotopic (exact) mass is 208 g/mol. The van der Waals surface area contributed by atoms with Crippen LogP contribution in [0.5, 0.6) is 0 Å². The van der Waals surface area contributed by atoms with Crippen molar-refractivity contribution in [2.24, 2.45) is 0 Å². The molecule has 5 nitrogen and oxygen atoms in total. The Morgan fingerprint density at radius 2 is 2.23 bits per heavy atom. The Balaban J connectivity index is 2.22. The number of nitrogens with zero attached hydrogens (tertiary/aromatic N) is 1. The van der Waals surface area contributed by atoms with Crippen molar-refractivity contribution < 1.29 is 13.2 Å². The molecule has 0 bridgehead atoms. The first-order chi connectivity index (χ1) is 6.17. The van der Waals surface area contributed by atoms with Crippen LogP contribution in [0, 0.1) is 0 Å². The maximum absolute atomic E-state index is 11.2. The second kappa shape index (κ2) is 4.90. The predicted molar refractivity (Wildman–Crippen MR) is 49.6 cm³/mol. The van der Waals surface area contributed by atoms with Crippen LogP contribution in [0.25, 0.3) is 0 Å². The van der Waals surface area contributed by atoms with Gasteiger partial charge in [0.1, 0.15) is 0 Å². The van der Waals surface area contributed by atoms with Gasteiger partial charge in [0.05, 0.1) is 0 Å². The average molecular weight is 208 g/mol. The molecule has 0 aliphatic carbocycles. The average Bonchev–Trinajstić information content (AvgIpc) is 2.40. The third-order valence-electron chi connectivity index (χ3n) is 1.99. The summed E-state index contributed by atoms with van der Waals surface area (Å²) in [5.74, 6) is 0. The molecule has 1 fully saturated rings. The summed E-state index contributed by atoms with van der Waals surface area (Å²) in [6.45, 7) is 2.42. The van der Waals surface area contributed by atoms with Gasteiger partial charge in [0.25, 0.3) is 10.2 Å². The maximum Gasteiger partial charge on any atom is 0.279 e. The Labute approximate surface area is 79.2 Å². The van der Waals surface area contributed by atoms with Gasteiger partial charge >= 0.3 is 0 Å². The van der Waals surface area contributed by atoms with Crippen LogP contribution >= 0.6 is 0 Å². The molecule has 0 spiro atoms. The van der Waals surface area contributed by atoms with Crippen molar-refractivity contribution in [2.75, 3.05) is 33.4 Å². The summed E-state index contributed by atoms with van der Waals surface area (Å²) in [5.41, 5.74) is 0. The van der Waals surface area contributed by atoms with E-state index in [0.29, 0.717) is 26.2 Å². The minimum absolute atomic E-state index is 0.534. The Morgan fingerprint density at radius 1 is 1.46 bits per heavy atom. The predicted octanol–water partition coefficient (Wildman–Crippen LogP) is -0.437. The SMILES string of the molecule is COCCCCN1CCNS1(=O)=O. The molecule has 0 saturated carbocycles. The van der Waals surface area contributed by atoms with Crippen molar-refractivity contribution in [3.63, 3.8) is 0 Å². The van der Waals surface area contributed by atoms with Crippen molar-refractivity contribution in [3.05, 3.63) is 0 Å². The molecule has 78 valence electrons. The van der Waals surface area contributed by atoms with Crippen molar-refractivity contribution >= 4 is 10.2 Å². The molecule has 6 heteroatoms. The van der Waals surface area contributed by atoms with Gasteiger partial charge in [-0.2, -0.15) is 12.7 Å². The third kappa shape index (κ3) is 3.22. The third-order valence-corrected chi connectivity index (χ3v) is 3.61. The standard InChI is InChI=1S/C7H16N2O3S/c1-12-7-3-2-5-9-6-4-8-13(9,10)11/h8H,2-7H2,1H3. The van der Waals surface area contributed by atoms with Crippen molar-refractivity contribution in [1.82, 2.24) is 9.03 Å². The highest BCUT2D eigenvalue weighted by atomic mass is 32.2. The van der Waals surface area contributed by atoms with Gasteiger partial charge in [0.2, 0.25) is 0 Å². The summed E-state index contributed by atoms with van der Waals surface area (Å²) in [5, 5.41) is 0. The van der Waals surface area contributed by atoms with E-state index in [0.717, 1.165) is 12.8 Å². The van der Waals surface area contributed by atoms with Crippen LogP contribution in [0.1, 0.15) is 12.8 Å². The molecule has 0 radical (unpaired) electrons. The molecular formula is C7H16N2O3S. The van der Waals surface area contributed by atoms with Gasteiger partial charge in [-0.25, -0.2) is 4.72 Å². The van der Waals surface area contributed by atoms with E-state index < -0.39 is 10.2 Å². The summed E-state index contributed by atoms with van der Waals surface area (Å²) >= 11 is 0. The highest BCUT2D eigenvalue weighted by Crippen LogP contribution is 2.05. The fraction of sp³-hybridized carbons (Fsp3) is 1.00. The number of methoxy groups -OCH3 is 1. The number of ether oxygens (including phenoxy) is 1. The number of nitrogens with one attached hydrogen (secondary N) is 1. The maximum atomic E-state index is 11.2. The Bertz CT molecular complexity index is 240. The minimum atomic E-state index is -3.13. The van der Waals surface area contributed by atoms with Crippen molar-refractivity contribution in [1.29, 1.82) is 0 Å². The second-order valence-corrected chi connectivity index (χ2v) is 4.75. The molecule has 0 unspecified atom stereocenters. The van der Waals surface area contributed by atoms with E-state index in [4.69, 9.17) is 4.74 Å². The summed E-state index contributed by atoms with van der Waals surface area (Å²) in [6, 6.07) is 0. The molecular weight excluding hydrogens is 192 g/mol. The van der Waals surface area contributed by atoms with Crippen LogP contribution in [0.2, 0.25) is 0 Å². The van der Waals surface area contributed by atoms with E-state index in [1.165, 1.54) is 4.31 Å². The zero-order valence-electron chi connectivity index (χ0n) is 7.82. The number of rotatable bonds is 5. The quantitative estimate of drug-likeness (QED) is 0.623. The van der Waals surface area contributed by atoms with Crippen molar-refractivity contribution in [3.8, 4) is 0 Å². The first kappa shape index (κ1) is 10.9. The summed E-state index contributed by atoms with van der Waals surface area (Å²) in [7, 11) is -1.48. The molecule has 1 aliphatic heterocycles. The number of hydrogen-bond donors (Lipinski definition) is 1. The van der Waals surface area contributed by atoms with Gasteiger partial charge in [0.15, 0.2) is 0 Å². The molecule has 0 aromatic heterocycles. The zero-order chi connectivity index (χ0) is 9.73. The van der Waals surface area contributed by atoms with E-state index >= 15 is 0 Å². The normalized spacial score (nSPS) is 22.2. The Kier molecular flexibility index (Phi) is 4.11. The summed E-state index contributed by atoms with van der Waals surface area (Å²) in [6.07, 6.45) is 1.76. The zero-order valence-corrected chi connectivity index (χ0v) is 8.64. The molecule has 0 aromatic rings. The van der Waals surface area contributed by atoms with Gasteiger partial charge in [-0.15, -0.1) is 0 Å². The molecule has 0 amide bonds. The van der Waals surface area contributed by atoms with E-state index in [2.05, 4.69) is 4.72 Å². The second-order valence-electron chi connectivity index (χ2n) is 3.00. The molecule has 1 heterocycles. The molecule has 1 aliphatic rings. The lowest BCUT2D eigenvalue weighted by Gasteiger charge is -2.12. The van der Waals surface area contributed by atoms with Gasteiger partial charge in [0, 0.05) is 33.4 Å². The van der Waals surface area contributed by atoms with Crippen LogP contribution in [-0.4, -0.2) is 46.1 Å². The highest BCUT2D eigenvalue weighted by Gasteiger charge is 2.26. The fourth-order valence-electron chi connectivity index (χ4n) is 1.28. The van der Waals surface area contributed by atoms with Crippen molar-refractivity contribution in [2.45, 2.75) is 12.8 Å². The van der Waals surface area contributed by atoms with Gasteiger partial charge in [-0.05, 0) is 12.8 Å². The number of unbranched alkanes of at least 4 members (excludes halogenated alkanes) is 1. The van der Waals surface area contributed by atoms with Gasteiger partial charge in [-0.3, -0.25) is 0 Å². The summed E-state index contributed by atoms with van der Waals surface area (Å²) in [4.78, 5) is 0. The van der Waals surface area contributed by atoms with E-state index in [9.17, 15) is 8.42 Å². The highest BCUT2D eigenvalue weighted by molar-refractivity contribution is 7.87. The first-order valence-corrected chi connectivity index (χ1v) is 5.84. The Hall–Kier alpha value is -0.170. The molecule has 1 saturated heterocycles. The smallest absolute Gasteiger partial charge is 0.279 e. The minimum Gasteiger partial charge on any atom is -0.385 e. The van der Waals surface area contributed by atoms with E-state index in [1.54, 1.807) is 7.11 Å². The lowest BCUT2D eigenvalue weighted by molar-refractivity contribution is 0.190. The molecule has 0 atom stereocenters. The topological polar surface area (TPSA) is 58.6 Å². The van der Waals surface area contributed by atoms with Crippen LogP contribution in [0.3, 0.4) is 0 Å². The van der Waals surface area contributed by atoms with Crippen LogP contribution in [0.15, 0.2) is 0 Å². The lowest BCUT2D eigenvalue weighted by atomic mass is 10.3. The number of hydrogen-bond acceptors (Lipinski definition) is 3. The largest absolute Gasteiger partial charge is 0.385 e. The fourth-order valence-corrected chi connectivity index (χ4v) is 2.51. The molecule has 1 N–H and O–H groups in total. The molecule has 1 rings (SSSR count). The first-order valence-electron chi connectivity index (χ1n) is 4.40. The lowest BCUT2D eigenvalue weighted by Crippen LogP contribution is -2.30. The van der Waals surface area contributed by atoms with Crippen LogP contribution in [-0.2, 0) is 14.9 Å². The molecule has 0 aromatic carbocycles. The Morgan fingerprint density at radius 3 is 2.77 bits per heavy atom.